The molecule has 0 aliphatic heterocycles. The van der Waals surface area contributed by atoms with E-state index in [1.807, 2.05) is 0 Å². The molecule has 6 nitrogen and oxygen atoms in total. The molecule has 0 aliphatic carbocycles. The van der Waals surface area contributed by atoms with Gasteiger partial charge in [-0.15, -0.1) is 0 Å². The smallest absolute Gasteiger partial charge is 0.166 e. The van der Waals surface area contributed by atoms with Gasteiger partial charge in [0.2, 0.25) is 0 Å². The number of hydrogen-bond donors (Lipinski definition) is 6. The van der Waals surface area contributed by atoms with E-state index in [-0.39, 0.29) is 11.8 Å². The zero-order chi connectivity index (χ0) is 35.6. The fourth-order valence-corrected chi connectivity index (χ4v) is 6.59. The monoisotopic (exact) mass is 722 g/mol. The van der Waals surface area contributed by atoms with Gasteiger partial charge in [-0.2, -0.15) is 0 Å². The molecule has 0 saturated heterocycles. The molecule has 6 N–H and O–H groups in total. The molecule has 8 heteroatoms. The van der Waals surface area contributed by atoms with Crippen molar-refractivity contribution in [2.24, 2.45) is 0 Å². The Balaban J connectivity index is 0.913. The lowest BCUT2D eigenvalue weighted by molar-refractivity contribution is 0.546. The first kappa shape index (κ1) is 40.0. The number of hydrogen-bond acceptors (Lipinski definition) is 4. The Morgan fingerprint density at radius 3 is 0.980 bits per heavy atom. The second-order valence-corrected chi connectivity index (χ2v) is 13.8. The lowest BCUT2D eigenvalue weighted by Gasteiger charge is -2.20. The number of rotatable bonds is 24. The van der Waals surface area contributed by atoms with Crippen LogP contribution < -0.4 is 31.9 Å². The van der Waals surface area contributed by atoms with Crippen LogP contribution in [-0.2, 0) is 0 Å². The van der Waals surface area contributed by atoms with Gasteiger partial charge in [0.05, 0.1) is 0 Å². The third-order valence-electron chi connectivity index (χ3n) is 9.08. The first-order chi connectivity index (χ1) is 25.2. The van der Waals surface area contributed by atoms with E-state index in [0.717, 1.165) is 75.4 Å². The lowest BCUT2D eigenvalue weighted by atomic mass is 9.91. The summed E-state index contributed by atoms with van der Waals surface area (Å²) in [5, 5.41) is 22.2. The fourth-order valence-electron chi connectivity index (χ4n) is 6.22. The van der Waals surface area contributed by atoms with Gasteiger partial charge in [-0.3, -0.25) is 0 Å². The fraction of sp³-hybridized carbons (Fsp3) is 0.395. The maximum Gasteiger partial charge on any atom is 0.166 e. The van der Waals surface area contributed by atoms with Gasteiger partial charge in [0.15, 0.2) is 10.2 Å². The Morgan fingerprint density at radius 1 is 0.353 bits per heavy atom. The molecule has 0 bridgehead atoms. The number of benzene rings is 4. The van der Waals surface area contributed by atoms with Gasteiger partial charge in [-0.25, -0.2) is 0 Å². The summed E-state index contributed by atoms with van der Waals surface area (Å²) in [6.45, 7) is 7.46. The molecule has 0 atom stereocenters. The van der Waals surface area contributed by atoms with E-state index >= 15 is 0 Å². The average molecular weight is 723 g/mol. The van der Waals surface area contributed by atoms with Crippen LogP contribution in [0.3, 0.4) is 0 Å². The summed E-state index contributed by atoms with van der Waals surface area (Å²) < 4.78 is 0. The van der Waals surface area contributed by atoms with Crippen LogP contribution in [0.2, 0.25) is 0 Å². The van der Waals surface area contributed by atoms with E-state index in [4.69, 9.17) is 24.4 Å². The highest BCUT2D eigenvalue weighted by atomic mass is 32.1. The van der Waals surface area contributed by atoms with Crippen LogP contribution in [0.1, 0.15) is 79.0 Å². The molecule has 51 heavy (non-hydrogen) atoms. The van der Waals surface area contributed by atoms with E-state index in [2.05, 4.69) is 153 Å². The predicted octanol–water partition coefficient (Wildman–Crippen LogP) is 7.49. The van der Waals surface area contributed by atoms with Gasteiger partial charge in [0.25, 0.3) is 0 Å². The quantitative estimate of drug-likeness (QED) is 0.0329. The maximum absolute atomic E-state index is 5.57. The summed E-state index contributed by atoms with van der Waals surface area (Å²) in [7, 11) is 0. The van der Waals surface area contributed by atoms with Crippen molar-refractivity contribution in [3.63, 3.8) is 0 Å². The largest absolute Gasteiger partial charge is 0.363 e. The van der Waals surface area contributed by atoms with Gasteiger partial charge in [-0.05, 0) is 98.6 Å². The molecule has 0 aliphatic rings. The van der Waals surface area contributed by atoms with Crippen molar-refractivity contribution in [3.05, 3.63) is 144 Å². The number of unbranched alkanes of at least 4 members (excludes halogenated alkanes) is 4. The van der Waals surface area contributed by atoms with Gasteiger partial charge < -0.3 is 31.9 Å². The van der Waals surface area contributed by atoms with Crippen LogP contribution in [0.5, 0.6) is 0 Å². The molecule has 0 fully saturated rings. The van der Waals surface area contributed by atoms with Crippen molar-refractivity contribution >= 4 is 34.7 Å². The number of nitrogens with one attached hydrogen (secondary N) is 6. The van der Waals surface area contributed by atoms with E-state index in [9.17, 15) is 0 Å². The van der Waals surface area contributed by atoms with Crippen LogP contribution in [-0.4, -0.2) is 62.6 Å². The minimum Gasteiger partial charge on any atom is -0.363 e. The third kappa shape index (κ3) is 16.4. The summed E-state index contributed by atoms with van der Waals surface area (Å²) in [6, 6.07) is 42.5. The summed E-state index contributed by atoms with van der Waals surface area (Å²) in [5.41, 5.74) is 5.17. The second-order valence-electron chi connectivity index (χ2n) is 13.0. The normalized spacial score (nSPS) is 11.0. The van der Waals surface area contributed by atoms with Crippen LogP contribution in [0.25, 0.3) is 0 Å². The van der Waals surface area contributed by atoms with E-state index in [1.165, 1.54) is 54.4 Å². The molecule has 4 aromatic carbocycles. The summed E-state index contributed by atoms with van der Waals surface area (Å²) in [4.78, 5) is 0. The molecule has 0 heterocycles. The molecule has 0 spiro atoms. The van der Waals surface area contributed by atoms with Crippen molar-refractivity contribution in [3.8, 4) is 0 Å². The van der Waals surface area contributed by atoms with Crippen molar-refractivity contribution in [2.75, 3.05) is 52.4 Å². The lowest BCUT2D eigenvalue weighted by Crippen LogP contribution is -2.38. The average Bonchev–Trinajstić information content (AvgIpc) is 3.18. The second kappa shape index (κ2) is 25.2. The zero-order valence-corrected chi connectivity index (χ0v) is 31.8. The molecule has 0 amide bonds. The number of thiocarbonyl (C=S) groups is 2. The van der Waals surface area contributed by atoms with Crippen LogP contribution in [0.4, 0.5) is 0 Å². The van der Waals surface area contributed by atoms with E-state index in [1.54, 1.807) is 0 Å². The van der Waals surface area contributed by atoms with Crippen molar-refractivity contribution in [2.45, 2.75) is 56.8 Å². The van der Waals surface area contributed by atoms with Crippen molar-refractivity contribution < 1.29 is 0 Å². The van der Waals surface area contributed by atoms with Crippen LogP contribution >= 0.6 is 24.4 Å². The molecule has 0 aromatic heterocycles. The molecule has 0 radical (unpaired) electrons. The molecule has 272 valence electrons. The van der Waals surface area contributed by atoms with Gasteiger partial charge in [0, 0.05) is 38.0 Å². The summed E-state index contributed by atoms with van der Waals surface area (Å²) >= 11 is 11.1. The molecule has 0 unspecified atom stereocenters. The van der Waals surface area contributed by atoms with Crippen molar-refractivity contribution in [1.82, 2.24) is 31.9 Å². The van der Waals surface area contributed by atoms with E-state index in [0.29, 0.717) is 0 Å². The highest BCUT2D eigenvalue weighted by Gasteiger charge is 2.15. The molecule has 0 saturated carbocycles. The Hall–Kier alpha value is -3.82. The summed E-state index contributed by atoms with van der Waals surface area (Å²) in [6.07, 6.45) is 8.44. The Morgan fingerprint density at radius 2 is 0.647 bits per heavy atom. The minimum absolute atomic E-state index is 0.260. The summed E-state index contributed by atoms with van der Waals surface area (Å²) in [5.74, 6) is 0.521. The highest BCUT2D eigenvalue weighted by molar-refractivity contribution is 7.80. The molecule has 4 rings (SSSR count). The predicted molar refractivity (Wildman–Crippen MR) is 225 cm³/mol. The van der Waals surface area contributed by atoms with Gasteiger partial charge in [0.1, 0.15) is 0 Å². The Labute approximate surface area is 318 Å². The standard InChI is InChI=1S/C43H58N6S2/c50-42(48-34-40(36-20-8-4-9-21-36)37-22-10-5-11-23-37)46-32-18-30-44-28-16-2-1-3-17-29-45-31-19-33-47-43(51)49-35-41(38-24-12-6-13-25-38)39-26-14-7-15-27-39/h4-15,20-27,40-41,44-45H,1-3,16-19,28-35H2,(H2,46,48,50)(H2,47,49,51). The van der Waals surface area contributed by atoms with Crippen LogP contribution in [0, 0.1) is 0 Å². The zero-order valence-electron chi connectivity index (χ0n) is 30.1. The first-order valence-electron chi connectivity index (χ1n) is 18.9. The van der Waals surface area contributed by atoms with Crippen molar-refractivity contribution in [1.29, 1.82) is 0 Å². The molecular formula is C43H58N6S2. The Bertz CT molecular complexity index is 1280. The topological polar surface area (TPSA) is 72.2 Å². The van der Waals surface area contributed by atoms with Gasteiger partial charge in [-0.1, -0.05) is 141 Å². The first-order valence-corrected chi connectivity index (χ1v) is 19.7. The third-order valence-corrected chi connectivity index (χ3v) is 9.66. The molecule has 4 aromatic rings. The maximum atomic E-state index is 5.57. The van der Waals surface area contributed by atoms with Gasteiger partial charge >= 0.3 is 0 Å². The SMILES string of the molecule is S=C(NCCCNCCCCCCCNCCCNC(=S)NCC(c1ccccc1)c1ccccc1)NCC(c1ccccc1)c1ccccc1. The van der Waals surface area contributed by atoms with Crippen LogP contribution in [0.15, 0.2) is 121 Å². The Kier molecular flexibility index (Phi) is 19.7. The highest BCUT2D eigenvalue weighted by Crippen LogP contribution is 2.24. The molecular weight excluding hydrogens is 665 g/mol. The minimum atomic E-state index is 0.260. The van der Waals surface area contributed by atoms with E-state index < -0.39 is 0 Å².